The van der Waals surface area contributed by atoms with Crippen molar-refractivity contribution >= 4 is 29.1 Å². The minimum absolute atomic E-state index is 0.0797. The van der Waals surface area contributed by atoms with Crippen molar-refractivity contribution in [2.45, 2.75) is 31.5 Å². The second-order valence-corrected chi connectivity index (χ2v) is 9.81. The first-order chi connectivity index (χ1) is 16.6. The summed E-state index contributed by atoms with van der Waals surface area (Å²) in [6.07, 6.45) is 1.64. The van der Waals surface area contributed by atoms with Gasteiger partial charge in [-0.25, -0.2) is 4.79 Å². The van der Waals surface area contributed by atoms with E-state index in [-0.39, 0.29) is 29.8 Å². The van der Waals surface area contributed by atoms with Crippen LogP contribution in [0.5, 0.6) is 0 Å². The number of carbonyl (C=O) groups is 3. The molecule has 0 saturated carbocycles. The largest absolute Gasteiger partial charge is 0.490 e. The summed E-state index contributed by atoms with van der Waals surface area (Å²) in [4.78, 5) is 42.3. The second kappa shape index (κ2) is 10.3. The van der Waals surface area contributed by atoms with Gasteiger partial charge >= 0.3 is 12.1 Å². The maximum Gasteiger partial charge on any atom is 0.490 e. The van der Waals surface area contributed by atoms with Gasteiger partial charge in [0, 0.05) is 48.7 Å². The van der Waals surface area contributed by atoms with E-state index in [1.54, 1.807) is 35.9 Å². The predicted molar refractivity (Wildman–Crippen MR) is 119 cm³/mol. The monoisotopic (exact) mass is 511 g/mol. The molecule has 2 saturated heterocycles. The molecule has 2 aromatic rings. The molecular formula is C23H24F3N3O5S. The molecule has 12 heteroatoms. The average Bonchev–Trinajstić information content (AvgIpc) is 3.58. The lowest BCUT2D eigenvalue weighted by Crippen LogP contribution is -2.35. The third kappa shape index (κ3) is 5.81. The van der Waals surface area contributed by atoms with Gasteiger partial charge < -0.3 is 20.1 Å². The van der Waals surface area contributed by atoms with Crippen LogP contribution in [0.15, 0.2) is 30.6 Å². The molecule has 0 radical (unpaired) electrons. The fourth-order valence-electron chi connectivity index (χ4n) is 4.59. The maximum absolute atomic E-state index is 12.9. The van der Waals surface area contributed by atoms with Crippen LogP contribution in [-0.2, 0) is 22.4 Å². The molecule has 0 aromatic carbocycles. The number of pyridine rings is 1. The maximum atomic E-state index is 12.9. The molecular weight excluding hydrogens is 487 g/mol. The number of nitrogens with one attached hydrogen (secondary N) is 1. The summed E-state index contributed by atoms with van der Waals surface area (Å²) < 4.78 is 37.7. The number of aryl methyl sites for hydroxylation is 2. The fraction of sp³-hybridized carbons (Fsp3) is 0.478. The van der Waals surface area contributed by atoms with Crippen molar-refractivity contribution in [3.8, 4) is 0 Å². The predicted octanol–water partition coefficient (Wildman–Crippen LogP) is 2.78. The van der Waals surface area contributed by atoms with E-state index in [0.29, 0.717) is 31.8 Å². The van der Waals surface area contributed by atoms with Gasteiger partial charge in [-0.1, -0.05) is 0 Å². The van der Waals surface area contributed by atoms with Gasteiger partial charge in [-0.05, 0) is 43.0 Å². The number of rotatable bonds is 4. The van der Waals surface area contributed by atoms with Crippen LogP contribution in [0.1, 0.15) is 36.9 Å². The summed E-state index contributed by atoms with van der Waals surface area (Å²) in [6, 6.07) is 5.60. The number of halogens is 3. The van der Waals surface area contributed by atoms with Crippen LogP contribution in [0.4, 0.5) is 13.2 Å². The van der Waals surface area contributed by atoms with E-state index in [1.807, 2.05) is 4.90 Å². The molecule has 35 heavy (non-hydrogen) atoms. The summed E-state index contributed by atoms with van der Waals surface area (Å²) in [7, 11) is 0. The summed E-state index contributed by atoms with van der Waals surface area (Å²) >= 11 is 1.66. The molecule has 2 aliphatic heterocycles. The highest BCUT2D eigenvalue weighted by atomic mass is 32.1. The molecule has 5 rings (SSSR count). The summed E-state index contributed by atoms with van der Waals surface area (Å²) in [5.74, 6) is -2.22. The number of hydrogen-bond donors (Lipinski definition) is 2. The van der Waals surface area contributed by atoms with Crippen LogP contribution in [0.25, 0.3) is 0 Å². The number of nitrogens with zero attached hydrogens (tertiary/aromatic N) is 2. The number of likely N-dealkylation sites (tertiary alicyclic amines) is 1. The Labute approximate surface area is 203 Å². The molecule has 2 N–H and O–H groups in total. The Balaban J connectivity index is 0.000000364. The van der Waals surface area contributed by atoms with Gasteiger partial charge in [0.2, 0.25) is 0 Å². The lowest BCUT2D eigenvalue weighted by molar-refractivity contribution is -0.192. The average molecular weight is 512 g/mol. The molecule has 3 atom stereocenters. The third-order valence-corrected chi connectivity index (χ3v) is 7.60. The van der Waals surface area contributed by atoms with Gasteiger partial charge in [-0.2, -0.15) is 13.2 Å². The Morgan fingerprint density at radius 3 is 2.69 bits per heavy atom. The molecule has 4 heterocycles. The first kappa shape index (κ1) is 25.1. The Bertz CT molecular complexity index is 1070. The van der Waals surface area contributed by atoms with Crippen molar-refractivity contribution in [1.82, 2.24) is 15.2 Å². The molecule has 188 valence electrons. The number of aromatic nitrogens is 1. The lowest BCUT2D eigenvalue weighted by atomic mass is 9.93. The van der Waals surface area contributed by atoms with E-state index in [9.17, 15) is 22.8 Å². The molecule has 3 aliphatic rings. The molecule has 0 unspecified atom stereocenters. The first-order valence-corrected chi connectivity index (χ1v) is 12.0. The van der Waals surface area contributed by atoms with Crippen LogP contribution in [0.2, 0.25) is 0 Å². The fourth-order valence-corrected chi connectivity index (χ4v) is 5.81. The molecule has 0 spiro atoms. The number of thiophene rings is 1. The van der Waals surface area contributed by atoms with Crippen molar-refractivity contribution in [3.05, 3.63) is 51.5 Å². The van der Waals surface area contributed by atoms with Crippen LogP contribution in [-0.4, -0.2) is 71.3 Å². The first-order valence-electron chi connectivity index (χ1n) is 11.1. The zero-order valence-corrected chi connectivity index (χ0v) is 19.4. The number of carboxylic acid groups (broad SMARTS) is 1. The number of carboxylic acids is 1. The van der Waals surface area contributed by atoms with Crippen molar-refractivity contribution in [2.75, 3.05) is 26.2 Å². The summed E-state index contributed by atoms with van der Waals surface area (Å²) in [5, 5.41) is 10.1. The van der Waals surface area contributed by atoms with Crippen LogP contribution in [0, 0.1) is 11.8 Å². The Morgan fingerprint density at radius 1 is 1.26 bits per heavy atom. The van der Waals surface area contributed by atoms with Crippen molar-refractivity contribution in [3.63, 3.8) is 0 Å². The zero-order valence-electron chi connectivity index (χ0n) is 18.6. The molecule has 0 bridgehead atoms. The number of alkyl halides is 3. The molecule has 8 nitrogen and oxygen atoms in total. The van der Waals surface area contributed by atoms with Crippen LogP contribution < -0.4 is 5.32 Å². The number of aliphatic carboxylic acids is 1. The highest BCUT2D eigenvalue weighted by Gasteiger charge is 2.45. The van der Waals surface area contributed by atoms with Gasteiger partial charge in [0.25, 0.3) is 11.8 Å². The normalized spacial score (nSPS) is 22.7. The number of carbonyl (C=O) groups excluding carboxylic acids is 2. The molecule has 2 fully saturated rings. The Hall–Kier alpha value is -2.99. The van der Waals surface area contributed by atoms with E-state index in [0.717, 1.165) is 17.7 Å². The SMILES string of the molecule is O=C(NC[C@@H]1CO[C@@H]2CN(C(=O)c3cc4c(s3)CCC4)C[C@H]12)c1cccnc1.O=C(O)C(F)(F)F. The van der Waals surface area contributed by atoms with Gasteiger partial charge in [-0.15, -0.1) is 11.3 Å². The van der Waals surface area contributed by atoms with Gasteiger partial charge in [-0.3, -0.25) is 14.6 Å². The number of amides is 2. The zero-order chi connectivity index (χ0) is 25.2. The quantitative estimate of drug-likeness (QED) is 0.654. The van der Waals surface area contributed by atoms with E-state index in [4.69, 9.17) is 14.6 Å². The number of fused-ring (bicyclic) bond motifs is 2. The molecule has 2 aromatic heterocycles. The Kier molecular flexibility index (Phi) is 7.41. The minimum atomic E-state index is -5.08. The minimum Gasteiger partial charge on any atom is -0.475 e. The molecule has 2 amide bonds. The van der Waals surface area contributed by atoms with Crippen molar-refractivity contribution in [1.29, 1.82) is 0 Å². The second-order valence-electron chi connectivity index (χ2n) is 8.67. The lowest BCUT2D eigenvalue weighted by Gasteiger charge is -2.19. The summed E-state index contributed by atoms with van der Waals surface area (Å²) in [6.45, 7) is 2.56. The third-order valence-electron chi connectivity index (χ3n) is 6.37. The van der Waals surface area contributed by atoms with E-state index >= 15 is 0 Å². The Morgan fingerprint density at radius 2 is 2.03 bits per heavy atom. The van der Waals surface area contributed by atoms with E-state index in [2.05, 4.69) is 16.4 Å². The topological polar surface area (TPSA) is 109 Å². The van der Waals surface area contributed by atoms with E-state index < -0.39 is 12.1 Å². The molecule has 1 aliphatic carbocycles. The standard InChI is InChI=1S/C21H23N3O3S.C2HF3O2/c25-20(14-4-2-6-22-8-14)23-9-15-12-27-17-11-24(10-16(15)17)21(26)19-7-13-3-1-5-18(13)28-19;3-2(4,5)1(6)7/h2,4,6-8,15-17H,1,3,5,9-12H2,(H,23,25);(H,6,7)/t15-,16-,17-;/m1./s1. The van der Waals surface area contributed by atoms with Gasteiger partial charge in [0.05, 0.1) is 23.2 Å². The van der Waals surface area contributed by atoms with Crippen molar-refractivity contribution < 1.29 is 37.4 Å². The highest BCUT2D eigenvalue weighted by molar-refractivity contribution is 7.14. The van der Waals surface area contributed by atoms with Gasteiger partial charge in [0.1, 0.15) is 0 Å². The van der Waals surface area contributed by atoms with Crippen LogP contribution >= 0.6 is 11.3 Å². The van der Waals surface area contributed by atoms with Crippen LogP contribution in [0.3, 0.4) is 0 Å². The smallest absolute Gasteiger partial charge is 0.475 e. The van der Waals surface area contributed by atoms with E-state index in [1.165, 1.54) is 16.9 Å². The van der Waals surface area contributed by atoms with Gasteiger partial charge in [0.15, 0.2) is 0 Å². The highest BCUT2D eigenvalue weighted by Crippen LogP contribution is 2.36. The summed E-state index contributed by atoms with van der Waals surface area (Å²) in [5.41, 5.74) is 1.92. The number of ether oxygens (including phenoxy) is 1. The number of hydrogen-bond acceptors (Lipinski definition) is 6. The van der Waals surface area contributed by atoms with Crippen molar-refractivity contribution in [2.24, 2.45) is 11.8 Å².